The van der Waals surface area contributed by atoms with Crippen molar-refractivity contribution in [2.24, 2.45) is 5.41 Å². The van der Waals surface area contributed by atoms with Crippen LogP contribution in [-0.2, 0) is 4.79 Å². The molecule has 0 bridgehead atoms. The van der Waals surface area contributed by atoms with Gasteiger partial charge in [0.1, 0.15) is 5.82 Å². The maximum atomic E-state index is 11.8. The number of carbonyl (C=O) groups is 1. The van der Waals surface area contributed by atoms with Gasteiger partial charge in [0.15, 0.2) is 0 Å². The van der Waals surface area contributed by atoms with Crippen LogP contribution in [0.5, 0.6) is 0 Å². The molecule has 0 radical (unpaired) electrons. The lowest BCUT2D eigenvalue weighted by atomic mass is 9.85. The lowest BCUT2D eigenvalue weighted by molar-refractivity contribution is -0.116. The Kier molecular flexibility index (Phi) is 2.81. The Balaban J connectivity index is 2.37. The fourth-order valence-electron chi connectivity index (χ4n) is 1.90. The van der Waals surface area contributed by atoms with Crippen LogP contribution in [0.15, 0.2) is 12.3 Å². The van der Waals surface area contributed by atoms with Crippen LogP contribution < -0.4 is 10.6 Å². The van der Waals surface area contributed by atoms with Crippen molar-refractivity contribution in [2.75, 3.05) is 10.6 Å². The number of rotatable bonds is 0. The zero-order valence-corrected chi connectivity index (χ0v) is 10.8. The molecule has 4 heteroatoms. The molecule has 1 aromatic rings. The lowest BCUT2D eigenvalue weighted by Gasteiger charge is -2.30. The maximum Gasteiger partial charge on any atom is 0.226 e. The molecule has 17 heavy (non-hydrogen) atoms. The van der Waals surface area contributed by atoms with E-state index in [0.29, 0.717) is 6.42 Å². The Bertz CT molecular complexity index is 448. The van der Waals surface area contributed by atoms with E-state index in [-0.39, 0.29) is 17.4 Å². The van der Waals surface area contributed by atoms with Gasteiger partial charge in [0, 0.05) is 18.7 Å². The van der Waals surface area contributed by atoms with Crippen molar-refractivity contribution in [2.45, 2.75) is 40.2 Å². The topological polar surface area (TPSA) is 54.0 Å². The first-order valence-corrected chi connectivity index (χ1v) is 5.89. The van der Waals surface area contributed by atoms with E-state index in [1.807, 2.05) is 19.2 Å². The molecule has 4 nitrogen and oxygen atoms in total. The van der Waals surface area contributed by atoms with Gasteiger partial charge < -0.3 is 10.6 Å². The average Bonchev–Trinajstić information content (AvgIpc) is 2.34. The van der Waals surface area contributed by atoms with Crippen molar-refractivity contribution >= 4 is 17.4 Å². The molecule has 2 N–H and O–H groups in total. The zero-order valence-electron chi connectivity index (χ0n) is 10.8. The Morgan fingerprint density at radius 2 is 2.12 bits per heavy atom. The van der Waals surface area contributed by atoms with E-state index in [0.717, 1.165) is 17.1 Å². The number of fused-ring (bicyclic) bond motifs is 1. The summed E-state index contributed by atoms with van der Waals surface area (Å²) in [5, 5.41) is 6.26. The quantitative estimate of drug-likeness (QED) is 0.724. The first-order chi connectivity index (χ1) is 7.86. The minimum absolute atomic E-state index is 0.0194. The van der Waals surface area contributed by atoms with E-state index in [1.165, 1.54) is 0 Å². The molecule has 1 atom stereocenters. The molecule has 2 rings (SSSR count). The highest BCUT2D eigenvalue weighted by Gasteiger charge is 2.30. The van der Waals surface area contributed by atoms with Gasteiger partial charge in [-0.05, 0) is 24.0 Å². The minimum atomic E-state index is 0.0194. The summed E-state index contributed by atoms with van der Waals surface area (Å²) >= 11 is 0. The average molecular weight is 233 g/mol. The van der Waals surface area contributed by atoms with E-state index in [4.69, 9.17) is 0 Å². The number of nitrogens with one attached hydrogen (secondary N) is 2. The lowest BCUT2D eigenvalue weighted by Crippen LogP contribution is -2.35. The summed E-state index contributed by atoms with van der Waals surface area (Å²) in [7, 11) is 0. The van der Waals surface area contributed by atoms with Crippen molar-refractivity contribution in [1.29, 1.82) is 0 Å². The Morgan fingerprint density at radius 3 is 2.76 bits per heavy atom. The van der Waals surface area contributed by atoms with Crippen LogP contribution in [0.4, 0.5) is 11.5 Å². The maximum absolute atomic E-state index is 11.8. The Morgan fingerprint density at radius 1 is 1.41 bits per heavy atom. The van der Waals surface area contributed by atoms with Crippen LogP contribution in [0, 0.1) is 12.3 Å². The van der Waals surface area contributed by atoms with Gasteiger partial charge in [-0.25, -0.2) is 4.98 Å². The van der Waals surface area contributed by atoms with E-state index in [9.17, 15) is 4.79 Å². The molecule has 0 fully saturated rings. The smallest absolute Gasteiger partial charge is 0.226 e. The van der Waals surface area contributed by atoms with Crippen molar-refractivity contribution in [3.63, 3.8) is 0 Å². The van der Waals surface area contributed by atoms with Gasteiger partial charge in [0.2, 0.25) is 5.91 Å². The summed E-state index contributed by atoms with van der Waals surface area (Å²) in [6.07, 6.45) is 2.28. The zero-order chi connectivity index (χ0) is 12.6. The fourth-order valence-corrected chi connectivity index (χ4v) is 1.90. The van der Waals surface area contributed by atoms with Crippen molar-refractivity contribution in [3.05, 3.63) is 17.8 Å². The standard InChI is InChI=1S/C13H19N3O/c1-8-5-9-12(14-7-8)16-10(13(2,3)4)6-11(17)15-9/h5,7,10H,6H2,1-4H3,(H,14,16)(H,15,17). The Labute approximate surface area is 102 Å². The molecule has 0 aromatic carbocycles. The molecular formula is C13H19N3O. The van der Waals surface area contributed by atoms with Gasteiger partial charge in [-0.3, -0.25) is 4.79 Å². The van der Waals surface area contributed by atoms with E-state index < -0.39 is 0 Å². The molecule has 0 aliphatic carbocycles. The predicted octanol–water partition coefficient (Wildman–Crippen LogP) is 2.56. The SMILES string of the molecule is Cc1cnc2c(c1)NC(=O)CC(C(C)(C)C)N2. The third-order valence-corrected chi connectivity index (χ3v) is 3.04. The molecule has 2 heterocycles. The minimum Gasteiger partial charge on any atom is -0.365 e. The number of nitrogens with zero attached hydrogens (tertiary/aromatic N) is 1. The fraction of sp³-hybridized carbons (Fsp3) is 0.538. The van der Waals surface area contributed by atoms with Gasteiger partial charge >= 0.3 is 0 Å². The number of anilines is 2. The number of pyridine rings is 1. The molecule has 1 aliphatic heterocycles. The van der Waals surface area contributed by atoms with Crippen molar-refractivity contribution in [1.82, 2.24) is 4.98 Å². The van der Waals surface area contributed by atoms with Gasteiger partial charge in [0.25, 0.3) is 0 Å². The second kappa shape index (κ2) is 4.02. The van der Waals surface area contributed by atoms with Crippen molar-refractivity contribution < 1.29 is 4.79 Å². The summed E-state index contributed by atoms with van der Waals surface area (Å²) in [6.45, 7) is 8.33. The number of aryl methyl sites for hydroxylation is 1. The molecule has 1 aromatic heterocycles. The molecule has 0 spiro atoms. The second-order valence-electron chi connectivity index (χ2n) is 5.72. The van der Waals surface area contributed by atoms with Gasteiger partial charge in [-0.1, -0.05) is 20.8 Å². The monoisotopic (exact) mass is 233 g/mol. The predicted molar refractivity (Wildman–Crippen MR) is 69.1 cm³/mol. The number of hydrogen-bond donors (Lipinski definition) is 2. The first kappa shape index (κ1) is 11.9. The van der Waals surface area contributed by atoms with Gasteiger partial charge in [-0.2, -0.15) is 0 Å². The van der Waals surface area contributed by atoms with E-state index in [1.54, 1.807) is 0 Å². The van der Waals surface area contributed by atoms with Crippen LogP contribution in [-0.4, -0.2) is 16.9 Å². The highest BCUT2D eigenvalue weighted by molar-refractivity contribution is 5.95. The molecular weight excluding hydrogens is 214 g/mol. The molecule has 92 valence electrons. The number of aromatic nitrogens is 1. The van der Waals surface area contributed by atoms with Crippen LogP contribution in [0.1, 0.15) is 32.8 Å². The number of amides is 1. The third-order valence-electron chi connectivity index (χ3n) is 3.04. The molecule has 1 amide bonds. The highest BCUT2D eigenvalue weighted by atomic mass is 16.1. The van der Waals surface area contributed by atoms with Crippen LogP contribution >= 0.6 is 0 Å². The van der Waals surface area contributed by atoms with Crippen molar-refractivity contribution in [3.8, 4) is 0 Å². The Hall–Kier alpha value is -1.58. The molecule has 1 unspecified atom stereocenters. The summed E-state index contributed by atoms with van der Waals surface area (Å²) < 4.78 is 0. The summed E-state index contributed by atoms with van der Waals surface area (Å²) in [5.74, 6) is 0.810. The molecule has 0 saturated carbocycles. The van der Waals surface area contributed by atoms with Gasteiger partial charge in [-0.15, -0.1) is 0 Å². The summed E-state index contributed by atoms with van der Waals surface area (Å²) in [4.78, 5) is 16.2. The first-order valence-electron chi connectivity index (χ1n) is 5.89. The van der Waals surface area contributed by atoms with Crippen LogP contribution in [0.25, 0.3) is 0 Å². The largest absolute Gasteiger partial charge is 0.365 e. The summed E-state index contributed by atoms with van der Waals surface area (Å²) in [5.41, 5.74) is 1.84. The molecule has 0 saturated heterocycles. The number of hydrogen-bond acceptors (Lipinski definition) is 3. The van der Waals surface area contributed by atoms with Crippen LogP contribution in [0.3, 0.4) is 0 Å². The highest BCUT2D eigenvalue weighted by Crippen LogP contribution is 2.31. The van der Waals surface area contributed by atoms with E-state index >= 15 is 0 Å². The van der Waals surface area contributed by atoms with E-state index in [2.05, 4.69) is 36.4 Å². The normalized spacial score (nSPS) is 20.0. The number of carbonyl (C=O) groups excluding carboxylic acids is 1. The summed E-state index contributed by atoms with van der Waals surface area (Å²) in [6, 6.07) is 2.04. The third kappa shape index (κ3) is 2.57. The second-order valence-corrected chi connectivity index (χ2v) is 5.72. The van der Waals surface area contributed by atoms with Crippen LogP contribution in [0.2, 0.25) is 0 Å². The molecule has 1 aliphatic rings. The van der Waals surface area contributed by atoms with Gasteiger partial charge in [0.05, 0.1) is 5.69 Å².